The maximum Gasteiger partial charge on any atom is 0.271 e. The van der Waals surface area contributed by atoms with E-state index in [1.165, 1.54) is 16.3 Å². The Bertz CT molecular complexity index is 1320. The lowest BCUT2D eigenvalue weighted by molar-refractivity contribution is 0.0947. The van der Waals surface area contributed by atoms with Gasteiger partial charge in [-0.3, -0.25) is 4.79 Å². The minimum atomic E-state index is -0.0821. The number of benzene rings is 3. The zero-order chi connectivity index (χ0) is 22.9. The molecule has 1 aliphatic rings. The Morgan fingerprint density at radius 2 is 1.70 bits per heavy atom. The fraction of sp³-hybridized carbons (Fsp3) is 0.267. The second-order valence-electron chi connectivity index (χ2n) is 9.50. The molecular formula is C30H30N2O. The molecule has 0 saturated carbocycles. The van der Waals surface area contributed by atoms with Crippen molar-refractivity contribution < 1.29 is 4.79 Å². The van der Waals surface area contributed by atoms with Crippen LogP contribution in [0.3, 0.4) is 0 Å². The predicted molar refractivity (Wildman–Crippen MR) is 136 cm³/mol. The van der Waals surface area contributed by atoms with Crippen LogP contribution in [-0.4, -0.2) is 15.7 Å². The van der Waals surface area contributed by atoms with E-state index < -0.39 is 0 Å². The Labute approximate surface area is 195 Å². The van der Waals surface area contributed by atoms with Gasteiger partial charge in [-0.15, -0.1) is 0 Å². The van der Waals surface area contributed by atoms with E-state index in [4.69, 9.17) is 5.10 Å². The highest BCUT2D eigenvalue weighted by atomic mass is 16.2. The first-order valence-corrected chi connectivity index (χ1v) is 11.9. The first-order valence-electron chi connectivity index (χ1n) is 11.9. The number of carbonyl (C=O) groups is 1. The van der Waals surface area contributed by atoms with Gasteiger partial charge in [0.1, 0.15) is 0 Å². The van der Waals surface area contributed by atoms with Gasteiger partial charge in [0, 0.05) is 23.1 Å². The molecule has 33 heavy (non-hydrogen) atoms. The van der Waals surface area contributed by atoms with Gasteiger partial charge in [0.25, 0.3) is 5.91 Å². The van der Waals surface area contributed by atoms with Crippen LogP contribution in [0.4, 0.5) is 0 Å². The average Bonchev–Trinajstić information content (AvgIpc) is 3.24. The summed E-state index contributed by atoms with van der Waals surface area (Å²) in [7, 11) is 0. The number of nitrogens with zero attached hydrogens (tertiary/aromatic N) is 2. The predicted octanol–water partition coefficient (Wildman–Crippen LogP) is 7.69. The van der Waals surface area contributed by atoms with Gasteiger partial charge in [-0.05, 0) is 47.1 Å². The Morgan fingerprint density at radius 1 is 0.970 bits per heavy atom. The number of fused-ring (bicyclic) bond motifs is 2. The fourth-order valence-corrected chi connectivity index (χ4v) is 5.25. The summed E-state index contributed by atoms with van der Waals surface area (Å²) >= 11 is 0. The van der Waals surface area contributed by atoms with Crippen molar-refractivity contribution in [3.05, 3.63) is 95.7 Å². The van der Waals surface area contributed by atoms with Gasteiger partial charge in [-0.1, -0.05) is 93.6 Å². The zero-order valence-corrected chi connectivity index (χ0v) is 19.5. The third-order valence-corrected chi connectivity index (χ3v) is 6.99. The Hall–Kier alpha value is -3.46. The normalized spacial score (nSPS) is 18.2. The lowest BCUT2D eigenvalue weighted by Gasteiger charge is -2.30. The summed E-state index contributed by atoms with van der Waals surface area (Å²) in [6, 6.07) is 24.7. The molecule has 166 valence electrons. The van der Waals surface area contributed by atoms with Gasteiger partial charge < -0.3 is 0 Å². The Balaban J connectivity index is 1.70. The molecule has 3 aromatic carbocycles. The number of hydrogen-bond acceptors (Lipinski definition) is 2. The topological polar surface area (TPSA) is 34.9 Å². The standard InChI is InChI=1S/C30H30N2O/c1-20(2)24-18-16-21(3)28-29(26-15-9-13-23-12-7-8-14-25(23)26)31-32(30(24)28)27(33)19-17-22-10-5-4-6-11-22/h4-15,17,19-21,24H,16,18H2,1-3H3/b19-17-/t21-,24-/m1/s1. The van der Waals surface area contributed by atoms with Gasteiger partial charge in [0.15, 0.2) is 0 Å². The lowest BCUT2D eigenvalue weighted by atomic mass is 9.75. The second kappa shape index (κ2) is 8.82. The minimum Gasteiger partial charge on any atom is -0.267 e. The molecule has 0 unspecified atom stereocenters. The van der Waals surface area contributed by atoms with Crippen LogP contribution in [0.2, 0.25) is 0 Å². The van der Waals surface area contributed by atoms with Crippen LogP contribution in [0, 0.1) is 5.92 Å². The molecular weight excluding hydrogens is 404 g/mol. The highest BCUT2D eigenvalue weighted by Gasteiger charge is 2.35. The highest BCUT2D eigenvalue weighted by Crippen LogP contribution is 2.47. The van der Waals surface area contributed by atoms with E-state index in [9.17, 15) is 4.79 Å². The van der Waals surface area contributed by atoms with Gasteiger partial charge >= 0.3 is 0 Å². The second-order valence-corrected chi connectivity index (χ2v) is 9.50. The quantitative estimate of drug-likeness (QED) is 0.309. The molecule has 1 aromatic heterocycles. The van der Waals surface area contributed by atoms with Crippen LogP contribution in [0.5, 0.6) is 0 Å². The van der Waals surface area contributed by atoms with Crippen molar-refractivity contribution in [2.24, 2.45) is 5.92 Å². The number of carbonyl (C=O) groups excluding carboxylic acids is 1. The third-order valence-electron chi connectivity index (χ3n) is 6.99. The van der Waals surface area contributed by atoms with Crippen LogP contribution in [0.25, 0.3) is 28.1 Å². The van der Waals surface area contributed by atoms with Crippen molar-refractivity contribution in [1.82, 2.24) is 9.78 Å². The van der Waals surface area contributed by atoms with Crippen molar-refractivity contribution in [2.75, 3.05) is 0 Å². The molecule has 0 fully saturated rings. The van der Waals surface area contributed by atoms with Crippen molar-refractivity contribution in [3.8, 4) is 11.3 Å². The fourth-order valence-electron chi connectivity index (χ4n) is 5.25. The molecule has 3 nitrogen and oxygen atoms in total. The summed E-state index contributed by atoms with van der Waals surface area (Å²) in [4.78, 5) is 13.5. The summed E-state index contributed by atoms with van der Waals surface area (Å²) in [6.45, 7) is 6.79. The molecule has 0 radical (unpaired) electrons. The van der Waals surface area contributed by atoms with Gasteiger partial charge in [-0.2, -0.15) is 5.10 Å². The molecule has 2 atom stereocenters. The van der Waals surface area contributed by atoms with Crippen molar-refractivity contribution in [3.63, 3.8) is 0 Å². The largest absolute Gasteiger partial charge is 0.271 e. The molecule has 0 bridgehead atoms. The van der Waals surface area contributed by atoms with Crippen LogP contribution in [-0.2, 0) is 0 Å². The maximum atomic E-state index is 13.5. The molecule has 0 amide bonds. The van der Waals surface area contributed by atoms with Gasteiger partial charge in [-0.25, -0.2) is 4.68 Å². The molecule has 0 aliphatic heterocycles. The number of allylic oxidation sites excluding steroid dienone is 1. The average molecular weight is 435 g/mol. The smallest absolute Gasteiger partial charge is 0.267 e. The lowest BCUT2D eigenvalue weighted by Crippen LogP contribution is -2.23. The SMILES string of the molecule is CC(C)[C@H]1CC[C@@H](C)c2c(-c3cccc4ccccc34)nn(C(=O)/C=C\c3ccccc3)c21. The van der Waals surface area contributed by atoms with Crippen LogP contribution < -0.4 is 0 Å². The van der Waals surface area contributed by atoms with Crippen LogP contribution in [0.1, 0.15) is 67.1 Å². The molecule has 0 saturated heterocycles. The molecule has 1 aliphatic carbocycles. The van der Waals surface area contributed by atoms with Crippen molar-refractivity contribution in [2.45, 2.75) is 45.4 Å². The number of hydrogen-bond donors (Lipinski definition) is 0. The summed E-state index contributed by atoms with van der Waals surface area (Å²) in [5, 5.41) is 7.39. The zero-order valence-electron chi connectivity index (χ0n) is 19.5. The monoisotopic (exact) mass is 434 g/mol. The Morgan fingerprint density at radius 3 is 2.48 bits per heavy atom. The number of rotatable bonds is 4. The molecule has 1 heterocycles. The van der Waals surface area contributed by atoms with Crippen LogP contribution >= 0.6 is 0 Å². The number of aromatic nitrogens is 2. The van der Waals surface area contributed by atoms with E-state index in [1.54, 1.807) is 10.8 Å². The van der Waals surface area contributed by atoms with E-state index in [2.05, 4.69) is 63.2 Å². The third kappa shape index (κ3) is 3.93. The minimum absolute atomic E-state index is 0.0821. The summed E-state index contributed by atoms with van der Waals surface area (Å²) < 4.78 is 1.70. The summed E-state index contributed by atoms with van der Waals surface area (Å²) in [5.74, 6) is 1.05. The molecule has 3 heteroatoms. The van der Waals surface area contributed by atoms with E-state index in [0.717, 1.165) is 35.4 Å². The van der Waals surface area contributed by atoms with E-state index >= 15 is 0 Å². The molecule has 5 rings (SSSR count). The van der Waals surface area contributed by atoms with E-state index in [-0.39, 0.29) is 5.91 Å². The molecule has 4 aromatic rings. The first-order chi connectivity index (χ1) is 16.0. The first kappa shape index (κ1) is 21.4. The maximum absolute atomic E-state index is 13.5. The summed E-state index contributed by atoms with van der Waals surface area (Å²) in [5.41, 5.74) is 5.43. The highest BCUT2D eigenvalue weighted by molar-refractivity contribution is 5.98. The van der Waals surface area contributed by atoms with Crippen molar-refractivity contribution >= 4 is 22.8 Å². The molecule has 0 spiro atoms. The molecule has 0 N–H and O–H groups in total. The van der Waals surface area contributed by atoms with Crippen LogP contribution in [0.15, 0.2) is 78.9 Å². The van der Waals surface area contributed by atoms with E-state index in [1.807, 2.05) is 36.4 Å². The summed E-state index contributed by atoms with van der Waals surface area (Å²) in [6.07, 6.45) is 5.74. The van der Waals surface area contributed by atoms with E-state index in [0.29, 0.717) is 17.8 Å². The Kier molecular flexibility index (Phi) is 5.72. The van der Waals surface area contributed by atoms with Crippen molar-refractivity contribution in [1.29, 1.82) is 0 Å². The van der Waals surface area contributed by atoms with Gasteiger partial charge in [0.05, 0.1) is 11.4 Å². The van der Waals surface area contributed by atoms with Gasteiger partial charge in [0.2, 0.25) is 0 Å².